The van der Waals surface area contributed by atoms with Gasteiger partial charge < -0.3 is 34.5 Å². The zero-order valence-electron chi connectivity index (χ0n) is 28.2. The molecule has 4 N–H and O–H groups in total. The standard InChI is InChI=1S/C37H39N5O9/c1-24-32(51-36(47)50-24)21-48-35(46)37(2,22-43)19-29(17-26-13-15-28(16-14-26)27-11-7-4-8-12-27)39-33(44)31-20-42(41-40-31)23-49-34(45)30(38)18-25-9-5-3-6-10-25/h3-16,20,29-30,43H,17-19,21-23,38H2,1-2H3,(H,39,44)/t29-,30+,37+/m1/s1. The minimum atomic E-state index is -1.47. The van der Waals surface area contributed by atoms with Crippen molar-refractivity contribution in [3.63, 3.8) is 0 Å². The number of nitrogens with zero attached hydrogens (tertiary/aromatic N) is 3. The molecule has 266 valence electrons. The van der Waals surface area contributed by atoms with Gasteiger partial charge in [0.05, 0.1) is 18.2 Å². The smallest absolute Gasteiger partial charge is 0.457 e. The van der Waals surface area contributed by atoms with E-state index in [-0.39, 0.29) is 43.4 Å². The molecule has 5 rings (SSSR count). The van der Waals surface area contributed by atoms with E-state index in [9.17, 15) is 24.3 Å². The maximum absolute atomic E-state index is 13.5. The molecule has 0 saturated carbocycles. The lowest BCUT2D eigenvalue weighted by molar-refractivity contribution is -0.160. The summed E-state index contributed by atoms with van der Waals surface area (Å²) in [6, 6.07) is 25.3. The second-order valence-corrected chi connectivity index (χ2v) is 12.4. The maximum atomic E-state index is 13.5. The van der Waals surface area contributed by atoms with Crippen molar-refractivity contribution in [1.82, 2.24) is 20.3 Å². The molecule has 5 aromatic rings. The lowest BCUT2D eigenvalue weighted by Gasteiger charge is -2.30. The van der Waals surface area contributed by atoms with Crippen LogP contribution in [0.1, 0.15) is 46.5 Å². The predicted molar refractivity (Wildman–Crippen MR) is 183 cm³/mol. The number of aromatic nitrogens is 3. The molecule has 0 radical (unpaired) electrons. The molecule has 0 aliphatic heterocycles. The van der Waals surface area contributed by atoms with Crippen LogP contribution in [-0.2, 0) is 45.2 Å². The zero-order valence-corrected chi connectivity index (χ0v) is 28.2. The van der Waals surface area contributed by atoms with Crippen LogP contribution in [0.2, 0.25) is 0 Å². The number of rotatable bonds is 16. The van der Waals surface area contributed by atoms with Gasteiger partial charge in [0.15, 0.2) is 30.6 Å². The van der Waals surface area contributed by atoms with Crippen molar-refractivity contribution in [3.05, 3.63) is 130 Å². The van der Waals surface area contributed by atoms with Gasteiger partial charge in [0.2, 0.25) is 0 Å². The second kappa shape index (κ2) is 16.7. The van der Waals surface area contributed by atoms with E-state index in [4.69, 9.17) is 24.0 Å². The summed E-state index contributed by atoms with van der Waals surface area (Å²) in [6.07, 6.45) is 1.86. The van der Waals surface area contributed by atoms with Crippen LogP contribution < -0.4 is 16.9 Å². The number of aliphatic hydroxyl groups excluding tert-OH is 1. The number of esters is 2. The van der Waals surface area contributed by atoms with Crippen molar-refractivity contribution in [1.29, 1.82) is 0 Å². The molecule has 51 heavy (non-hydrogen) atoms. The van der Waals surface area contributed by atoms with Crippen molar-refractivity contribution < 1.29 is 37.8 Å². The lowest BCUT2D eigenvalue weighted by Crippen LogP contribution is -2.44. The van der Waals surface area contributed by atoms with Gasteiger partial charge in [-0.25, -0.2) is 9.48 Å². The van der Waals surface area contributed by atoms with Crippen LogP contribution in [0.5, 0.6) is 0 Å². The second-order valence-electron chi connectivity index (χ2n) is 12.4. The molecule has 0 aliphatic rings. The highest BCUT2D eigenvalue weighted by Crippen LogP contribution is 2.28. The van der Waals surface area contributed by atoms with Crippen LogP contribution in [-0.4, -0.2) is 56.6 Å². The summed E-state index contributed by atoms with van der Waals surface area (Å²) in [5.74, 6) is -2.73. The molecule has 1 amide bonds. The first-order valence-corrected chi connectivity index (χ1v) is 16.2. The maximum Gasteiger partial charge on any atom is 0.519 e. The SMILES string of the molecule is Cc1oc(=O)oc1COC(=O)[C@](C)(CO)C[C@@H](Cc1ccc(-c2ccccc2)cc1)NC(=O)c1cn(COC(=O)[C@@H](N)Cc2ccccc2)nn1. The van der Waals surface area contributed by atoms with Gasteiger partial charge in [-0.2, -0.15) is 0 Å². The number of nitrogens with one attached hydrogen (secondary N) is 1. The average Bonchev–Trinajstić information content (AvgIpc) is 3.75. The van der Waals surface area contributed by atoms with Crippen molar-refractivity contribution >= 4 is 17.8 Å². The van der Waals surface area contributed by atoms with Crippen molar-refractivity contribution in [2.45, 2.75) is 58.5 Å². The fraction of sp³-hybridized carbons (Fsp3) is 0.297. The van der Waals surface area contributed by atoms with E-state index in [2.05, 4.69) is 15.6 Å². The molecule has 3 atom stereocenters. The van der Waals surface area contributed by atoms with Crippen LogP contribution >= 0.6 is 0 Å². The van der Waals surface area contributed by atoms with E-state index in [0.29, 0.717) is 6.42 Å². The van der Waals surface area contributed by atoms with Crippen molar-refractivity contribution in [2.75, 3.05) is 6.61 Å². The summed E-state index contributed by atoms with van der Waals surface area (Å²) in [7, 11) is 0. The van der Waals surface area contributed by atoms with Gasteiger partial charge in [0.25, 0.3) is 5.91 Å². The summed E-state index contributed by atoms with van der Waals surface area (Å²) < 4.78 is 21.6. The molecule has 14 heteroatoms. The summed E-state index contributed by atoms with van der Waals surface area (Å²) in [5.41, 5.74) is 8.25. The van der Waals surface area contributed by atoms with Crippen LogP contribution in [0.25, 0.3) is 11.1 Å². The molecule has 0 bridgehead atoms. The third-order valence-corrected chi connectivity index (χ3v) is 8.30. The molecule has 0 fully saturated rings. The molecule has 0 spiro atoms. The fourth-order valence-corrected chi connectivity index (χ4v) is 5.40. The van der Waals surface area contributed by atoms with Gasteiger partial charge in [0.1, 0.15) is 6.04 Å². The Morgan fingerprint density at radius 3 is 2.22 bits per heavy atom. The number of ether oxygens (including phenoxy) is 2. The highest BCUT2D eigenvalue weighted by Gasteiger charge is 2.38. The van der Waals surface area contributed by atoms with Gasteiger partial charge in [-0.05, 0) is 55.4 Å². The zero-order chi connectivity index (χ0) is 36.4. The Bertz CT molecular complexity index is 1970. The summed E-state index contributed by atoms with van der Waals surface area (Å²) >= 11 is 0. The molecular weight excluding hydrogens is 658 g/mol. The van der Waals surface area contributed by atoms with Crippen LogP contribution in [0.3, 0.4) is 0 Å². The number of carbonyl (C=O) groups excluding carboxylic acids is 3. The van der Waals surface area contributed by atoms with E-state index >= 15 is 0 Å². The first kappa shape index (κ1) is 36.4. The average molecular weight is 698 g/mol. The normalized spacial score (nSPS) is 13.5. The Balaban J connectivity index is 1.27. The topological polar surface area (TPSA) is 202 Å². The summed E-state index contributed by atoms with van der Waals surface area (Å²) in [5, 5.41) is 21.1. The van der Waals surface area contributed by atoms with E-state index in [1.807, 2.05) is 84.9 Å². The van der Waals surface area contributed by atoms with Gasteiger partial charge in [-0.15, -0.1) is 5.10 Å². The number of aryl methyl sites for hydroxylation is 1. The first-order valence-electron chi connectivity index (χ1n) is 16.2. The van der Waals surface area contributed by atoms with Gasteiger partial charge in [0, 0.05) is 6.04 Å². The molecule has 0 aliphatic carbocycles. The summed E-state index contributed by atoms with van der Waals surface area (Å²) in [6.45, 7) is 1.71. The first-order chi connectivity index (χ1) is 24.5. The monoisotopic (exact) mass is 697 g/mol. The number of amides is 1. The number of nitrogens with two attached hydrogens (primary N) is 1. The van der Waals surface area contributed by atoms with Crippen LogP contribution in [0.15, 0.2) is 105 Å². The largest absolute Gasteiger partial charge is 0.519 e. The number of hydrogen-bond acceptors (Lipinski definition) is 12. The Hall–Kier alpha value is -5.86. The number of carbonyl (C=O) groups is 3. The van der Waals surface area contributed by atoms with E-state index < -0.39 is 47.8 Å². The minimum absolute atomic E-state index is 0.0338. The quantitative estimate of drug-likeness (QED) is 0.127. The number of aliphatic hydroxyl groups is 1. The number of hydrogen-bond donors (Lipinski definition) is 3. The molecule has 0 unspecified atom stereocenters. The number of benzene rings is 3. The van der Waals surface area contributed by atoms with Crippen molar-refractivity contribution in [3.8, 4) is 11.1 Å². The molecule has 2 heterocycles. The van der Waals surface area contributed by atoms with E-state index in [1.165, 1.54) is 24.7 Å². The highest BCUT2D eigenvalue weighted by atomic mass is 16.6. The Morgan fingerprint density at radius 1 is 0.922 bits per heavy atom. The molecular formula is C37H39N5O9. The Morgan fingerprint density at radius 2 is 1.57 bits per heavy atom. The van der Waals surface area contributed by atoms with Crippen LogP contribution in [0, 0.1) is 12.3 Å². The Kier molecular flexibility index (Phi) is 11.9. The molecule has 0 saturated heterocycles. The third kappa shape index (κ3) is 9.86. The van der Waals surface area contributed by atoms with Crippen molar-refractivity contribution in [2.24, 2.45) is 11.1 Å². The molecule has 14 nitrogen and oxygen atoms in total. The predicted octanol–water partition coefficient (Wildman–Crippen LogP) is 3.34. The summed E-state index contributed by atoms with van der Waals surface area (Å²) in [4.78, 5) is 50.6. The molecule has 2 aromatic heterocycles. The van der Waals surface area contributed by atoms with Gasteiger partial charge in [-0.1, -0.05) is 90.1 Å². The van der Waals surface area contributed by atoms with Gasteiger partial charge >= 0.3 is 17.8 Å². The fourth-order valence-electron chi connectivity index (χ4n) is 5.40. The Labute approximate surface area is 293 Å². The van der Waals surface area contributed by atoms with E-state index in [1.54, 1.807) is 0 Å². The third-order valence-electron chi connectivity index (χ3n) is 8.30. The van der Waals surface area contributed by atoms with Gasteiger partial charge in [-0.3, -0.25) is 14.4 Å². The van der Waals surface area contributed by atoms with E-state index in [0.717, 1.165) is 22.3 Å². The molecule has 3 aromatic carbocycles. The van der Waals surface area contributed by atoms with Crippen LogP contribution in [0.4, 0.5) is 0 Å². The highest BCUT2D eigenvalue weighted by molar-refractivity contribution is 5.92. The lowest BCUT2D eigenvalue weighted by atomic mass is 9.82. The minimum Gasteiger partial charge on any atom is -0.457 e.